The SMILES string of the molecule is CC.OB(O)c1ccc(-n2c3c(c4ccccc42)=CC=CCC=3)cc1. The van der Waals surface area contributed by atoms with Crippen LogP contribution >= 0.6 is 0 Å². The Morgan fingerprint density at radius 1 is 0.960 bits per heavy atom. The molecule has 2 aromatic carbocycles. The molecule has 126 valence electrons. The van der Waals surface area contributed by atoms with E-state index in [1.54, 1.807) is 12.1 Å². The van der Waals surface area contributed by atoms with Crippen LogP contribution < -0.4 is 16.0 Å². The van der Waals surface area contributed by atoms with Crippen molar-refractivity contribution in [1.29, 1.82) is 0 Å². The zero-order valence-electron chi connectivity index (χ0n) is 14.6. The molecule has 1 aliphatic carbocycles. The van der Waals surface area contributed by atoms with Crippen molar-refractivity contribution >= 4 is 35.6 Å². The first-order chi connectivity index (χ1) is 12.3. The zero-order chi connectivity index (χ0) is 17.8. The fourth-order valence-electron chi connectivity index (χ4n) is 3.16. The molecule has 1 heterocycles. The van der Waals surface area contributed by atoms with Crippen LogP contribution in [0.1, 0.15) is 20.3 Å². The second-order valence-corrected chi connectivity index (χ2v) is 5.65. The Morgan fingerprint density at radius 3 is 2.40 bits per heavy atom. The van der Waals surface area contributed by atoms with Gasteiger partial charge in [0.15, 0.2) is 0 Å². The summed E-state index contributed by atoms with van der Waals surface area (Å²) in [7, 11) is -1.44. The standard InChI is InChI=1S/C19H16BNO2.C2H6/c22-20(23)14-10-12-15(13-11-14)21-18-8-3-1-2-6-16(18)17-7-4-5-9-19(17)21;1-2/h1-2,4-13,22-23H,3H2;1-2H3. The fourth-order valence-corrected chi connectivity index (χ4v) is 3.16. The van der Waals surface area contributed by atoms with Crippen molar-refractivity contribution in [3.63, 3.8) is 0 Å². The van der Waals surface area contributed by atoms with Crippen molar-refractivity contribution in [3.8, 4) is 5.69 Å². The number of hydrogen-bond acceptors (Lipinski definition) is 2. The number of hydrogen-bond donors (Lipinski definition) is 2. The van der Waals surface area contributed by atoms with Gasteiger partial charge in [-0.05, 0) is 30.1 Å². The first-order valence-electron chi connectivity index (χ1n) is 8.69. The highest BCUT2D eigenvalue weighted by atomic mass is 16.4. The molecular weight excluding hydrogens is 309 g/mol. The first-order valence-corrected chi connectivity index (χ1v) is 8.69. The molecule has 4 rings (SSSR count). The van der Waals surface area contributed by atoms with Crippen LogP contribution in [0.2, 0.25) is 0 Å². The Hall–Kier alpha value is -2.56. The number of rotatable bonds is 2. The molecule has 1 aromatic heterocycles. The predicted molar refractivity (Wildman–Crippen MR) is 106 cm³/mol. The lowest BCUT2D eigenvalue weighted by Gasteiger charge is -2.08. The number of aromatic nitrogens is 1. The van der Waals surface area contributed by atoms with E-state index in [0.29, 0.717) is 5.46 Å². The average molecular weight is 331 g/mol. The Labute approximate surface area is 148 Å². The van der Waals surface area contributed by atoms with Gasteiger partial charge in [-0.3, -0.25) is 0 Å². The molecule has 0 spiro atoms. The van der Waals surface area contributed by atoms with Crippen LogP contribution in [0.5, 0.6) is 0 Å². The fraction of sp³-hybridized carbons (Fsp3) is 0.143. The van der Waals surface area contributed by atoms with E-state index >= 15 is 0 Å². The quantitative estimate of drug-likeness (QED) is 0.704. The molecule has 3 nitrogen and oxygen atoms in total. The minimum Gasteiger partial charge on any atom is -0.423 e. The molecule has 25 heavy (non-hydrogen) atoms. The smallest absolute Gasteiger partial charge is 0.423 e. The van der Waals surface area contributed by atoms with E-state index < -0.39 is 7.12 Å². The molecule has 4 heteroatoms. The Morgan fingerprint density at radius 2 is 1.68 bits per heavy atom. The summed E-state index contributed by atoms with van der Waals surface area (Å²) < 4.78 is 2.22. The first kappa shape index (κ1) is 17.3. The van der Waals surface area contributed by atoms with Gasteiger partial charge in [-0.25, -0.2) is 0 Å². The number of para-hydroxylation sites is 1. The van der Waals surface area contributed by atoms with Gasteiger partial charge in [0, 0.05) is 16.3 Å². The number of nitrogens with zero attached hydrogens (tertiary/aromatic N) is 1. The third-order valence-electron chi connectivity index (χ3n) is 4.25. The van der Waals surface area contributed by atoms with Crippen LogP contribution in [0.25, 0.3) is 28.7 Å². The third kappa shape index (κ3) is 3.19. The summed E-state index contributed by atoms with van der Waals surface area (Å²) in [5.74, 6) is 0. The summed E-state index contributed by atoms with van der Waals surface area (Å²) in [6.07, 6.45) is 9.52. The van der Waals surface area contributed by atoms with E-state index in [1.807, 2.05) is 32.0 Å². The summed E-state index contributed by atoms with van der Waals surface area (Å²) in [6, 6.07) is 15.7. The van der Waals surface area contributed by atoms with Crippen LogP contribution in [0.4, 0.5) is 0 Å². The largest absolute Gasteiger partial charge is 0.488 e. The minimum atomic E-state index is -1.44. The van der Waals surface area contributed by atoms with Crippen LogP contribution in [0, 0.1) is 0 Å². The zero-order valence-corrected chi connectivity index (χ0v) is 14.6. The summed E-state index contributed by atoms with van der Waals surface area (Å²) in [5.41, 5.74) is 2.66. The molecule has 0 amide bonds. The Bertz CT molecular complexity index is 1010. The molecule has 0 saturated carbocycles. The Balaban J connectivity index is 0.000000880. The summed E-state index contributed by atoms with van der Waals surface area (Å²) in [4.78, 5) is 0. The predicted octanol–water partition coefficient (Wildman–Crippen LogP) is 1.86. The highest BCUT2D eigenvalue weighted by Crippen LogP contribution is 2.14. The van der Waals surface area contributed by atoms with Gasteiger partial charge < -0.3 is 14.6 Å². The lowest BCUT2D eigenvalue weighted by molar-refractivity contribution is 0.426. The van der Waals surface area contributed by atoms with Crippen molar-refractivity contribution < 1.29 is 10.0 Å². The highest BCUT2D eigenvalue weighted by molar-refractivity contribution is 6.58. The maximum atomic E-state index is 9.28. The second kappa shape index (κ2) is 7.56. The lowest BCUT2D eigenvalue weighted by Crippen LogP contribution is -2.30. The number of allylic oxidation sites excluding steroid dienone is 2. The molecule has 0 unspecified atom stereocenters. The molecule has 2 N–H and O–H groups in total. The molecule has 0 aliphatic heterocycles. The normalized spacial score (nSPS) is 12.3. The van der Waals surface area contributed by atoms with Crippen molar-refractivity contribution in [1.82, 2.24) is 4.57 Å². The van der Waals surface area contributed by atoms with E-state index in [4.69, 9.17) is 0 Å². The van der Waals surface area contributed by atoms with Gasteiger partial charge in [0.05, 0.1) is 10.9 Å². The average Bonchev–Trinajstić information content (AvgIpc) is 2.80. The van der Waals surface area contributed by atoms with Gasteiger partial charge in [0.1, 0.15) is 0 Å². The van der Waals surface area contributed by atoms with Crippen LogP contribution in [-0.4, -0.2) is 21.7 Å². The van der Waals surface area contributed by atoms with E-state index in [1.165, 1.54) is 16.0 Å². The van der Waals surface area contributed by atoms with Gasteiger partial charge in [0.25, 0.3) is 0 Å². The lowest BCUT2D eigenvalue weighted by atomic mass is 9.80. The summed E-state index contributed by atoms with van der Waals surface area (Å²) >= 11 is 0. The molecule has 1 aliphatic rings. The monoisotopic (exact) mass is 331 g/mol. The maximum Gasteiger partial charge on any atom is 0.488 e. The van der Waals surface area contributed by atoms with Crippen LogP contribution in [0.3, 0.4) is 0 Å². The third-order valence-corrected chi connectivity index (χ3v) is 4.25. The molecule has 3 aromatic rings. The number of fused-ring (bicyclic) bond motifs is 3. The highest BCUT2D eigenvalue weighted by Gasteiger charge is 2.12. The van der Waals surface area contributed by atoms with Crippen molar-refractivity contribution in [2.24, 2.45) is 0 Å². The minimum absolute atomic E-state index is 0.494. The summed E-state index contributed by atoms with van der Waals surface area (Å²) in [5, 5.41) is 22.2. The number of benzene rings is 2. The second-order valence-electron chi connectivity index (χ2n) is 5.65. The maximum absolute atomic E-state index is 9.28. The van der Waals surface area contributed by atoms with Gasteiger partial charge >= 0.3 is 7.12 Å². The van der Waals surface area contributed by atoms with E-state index in [9.17, 15) is 10.0 Å². The summed E-state index contributed by atoms with van der Waals surface area (Å²) in [6.45, 7) is 4.00. The molecular formula is C21H22BNO2. The molecule has 0 bridgehead atoms. The van der Waals surface area contributed by atoms with E-state index in [0.717, 1.165) is 17.6 Å². The van der Waals surface area contributed by atoms with E-state index in [-0.39, 0.29) is 0 Å². The van der Waals surface area contributed by atoms with Gasteiger partial charge in [-0.1, -0.05) is 68.5 Å². The molecule has 0 saturated heterocycles. The van der Waals surface area contributed by atoms with Crippen molar-refractivity contribution in [3.05, 3.63) is 71.3 Å². The Kier molecular flexibility index (Phi) is 5.22. The van der Waals surface area contributed by atoms with Gasteiger partial charge in [0.2, 0.25) is 0 Å². The van der Waals surface area contributed by atoms with Crippen molar-refractivity contribution in [2.75, 3.05) is 0 Å². The molecule has 0 fully saturated rings. The van der Waals surface area contributed by atoms with E-state index in [2.05, 4.69) is 47.1 Å². The van der Waals surface area contributed by atoms with Gasteiger partial charge in [-0.2, -0.15) is 0 Å². The molecule has 0 radical (unpaired) electrons. The topological polar surface area (TPSA) is 45.4 Å². The van der Waals surface area contributed by atoms with Crippen LogP contribution in [0.15, 0.2) is 60.7 Å². The molecule has 0 atom stereocenters. The van der Waals surface area contributed by atoms with Crippen molar-refractivity contribution in [2.45, 2.75) is 20.3 Å². The van der Waals surface area contributed by atoms with Crippen LogP contribution in [-0.2, 0) is 0 Å². The van der Waals surface area contributed by atoms with Gasteiger partial charge in [-0.15, -0.1) is 0 Å².